The number of carbonyl (C=O) groups excluding carboxylic acids is 2. The van der Waals surface area contributed by atoms with E-state index in [0.29, 0.717) is 17.5 Å². The van der Waals surface area contributed by atoms with E-state index in [1.807, 2.05) is 26.0 Å². The quantitative estimate of drug-likeness (QED) is 0.257. The maximum atomic E-state index is 14.2. The zero-order valence-electron chi connectivity index (χ0n) is 19.7. The van der Waals surface area contributed by atoms with Gasteiger partial charge >= 0.3 is 17.6 Å². The summed E-state index contributed by atoms with van der Waals surface area (Å²) in [7, 11) is 0. The Morgan fingerprint density at radius 3 is 2.19 bits per heavy atom. The summed E-state index contributed by atoms with van der Waals surface area (Å²) in [5.41, 5.74) is 7.51. The number of nitrogens with two attached hydrogens (primary N) is 1. The number of carbonyl (C=O) groups is 2. The Labute approximate surface area is 220 Å². The molecule has 2 aromatic carbocycles. The number of nitrogen functional groups attached to an aromatic ring is 1. The lowest BCUT2D eigenvalue weighted by molar-refractivity contribution is 0.00687. The Hall–Kier alpha value is -3.28. The Bertz CT molecular complexity index is 1330. The van der Waals surface area contributed by atoms with Crippen LogP contribution in [-0.4, -0.2) is 38.1 Å². The maximum Gasteiger partial charge on any atom is 0.349 e. The SMILES string of the molecule is Cc1ccc(C(=O)OC[C@@H]2C[C@H](n3cc(F)c(N)nc3=O)[C@@H](I)[C@@H]2OC(=O)c2ccc(C)cc2)cc1. The molecule has 4 rings (SSSR count). The molecule has 0 bridgehead atoms. The minimum absolute atomic E-state index is 0.0474. The van der Waals surface area contributed by atoms with Crippen LogP contribution < -0.4 is 11.4 Å². The maximum absolute atomic E-state index is 14.2. The highest BCUT2D eigenvalue weighted by molar-refractivity contribution is 14.1. The van der Waals surface area contributed by atoms with E-state index in [9.17, 15) is 18.8 Å². The van der Waals surface area contributed by atoms with Crippen LogP contribution in [0.15, 0.2) is 59.5 Å². The summed E-state index contributed by atoms with van der Waals surface area (Å²) in [5.74, 6) is -2.78. The van der Waals surface area contributed by atoms with Gasteiger partial charge in [-0.2, -0.15) is 4.98 Å². The minimum atomic E-state index is -0.819. The van der Waals surface area contributed by atoms with Gasteiger partial charge in [-0.1, -0.05) is 58.0 Å². The number of rotatable bonds is 6. The summed E-state index contributed by atoms with van der Waals surface area (Å²) in [4.78, 5) is 41.6. The molecule has 36 heavy (non-hydrogen) atoms. The summed E-state index contributed by atoms with van der Waals surface area (Å²) in [6.07, 6.45) is 0.606. The van der Waals surface area contributed by atoms with Crippen LogP contribution in [0.4, 0.5) is 10.2 Å². The van der Waals surface area contributed by atoms with Gasteiger partial charge in [0.05, 0.1) is 27.7 Å². The van der Waals surface area contributed by atoms with Crippen LogP contribution in [0.3, 0.4) is 0 Å². The van der Waals surface area contributed by atoms with E-state index < -0.39 is 51.3 Å². The topological polar surface area (TPSA) is 114 Å². The number of halogens is 2. The standard InChI is InChI=1S/C26H25FIN3O5/c1-14-3-7-16(8-4-14)24(32)35-13-18-11-20(31-12-19(27)23(29)30-26(31)34)21(28)22(18)36-25(33)17-9-5-15(2)6-10-17/h3-10,12,18,20-22H,11,13H2,1-2H3,(H2,29,30,34)/t18-,20-,21+,22+/m0/s1. The van der Waals surface area contributed by atoms with Gasteiger partial charge < -0.3 is 15.2 Å². The fourth-order valence-corrected chi connectivity index (χ4v) is 5.55. The lowest BCUT2D eigenvalue weighted by Gasteiger charge is -2.23. The number of esters is 2. The number of nitrogens with zero attached hydrogens (tertiary/aromatic N) is 2. The van der Waals surface area contributed by atoms with Crippen LogP contribution in [0.2, 0.25) is 0 Å². The van der Waals surface area contributed by atoms with Crippen LogP contribution in [0.5, 0.6) is 0 Å². The number of benzene rings is 2. The second kappa shape index (κ2) is 10.8. The molecule has 0 unspecified atom stereocenters. The van der Waals surface area contributed by atoms with Crippen molar-refractivity contribution < 1.29 is 23.5 Å². The second-order valence-corrected chi connectivity index (χ2v) is 10.3. The first-order valence-electron chi connectivity index (χ1n) is 11.3. The molecule has 0 aliphatic heterocycles. The molecule has 0 spiro atoms. The van der Waals surface area contributed by atoms with E-state index in [1.165, 1.54) is 0 Å². The van der Waals surface area contributed by atoms with Crippen LogP contribution in [0, 0.1) is 25.6 Å². The van der Waals surface area contributed by atoms with Crippen molar-refractivity contribution in [3.63, 3.8) is 0 Å². The molecule has 10 heteroatoms. The Kier molecular flexibility index (Phi) is 7.72. The van der Waals surface area contributed by atoms with Crippen molar-refractivity contribution in [3.8, 4) is 0 Å². The van der Waals surface area contributed by atoms with Crippen molar-refractivity contribution in [2.24, 2.45) is 5.92 Å². The van der Waals surface area contributed by atoms with Gasteiger partial charge in [0.25, 0.3) is 0 Å². The van der Waals surface area contributed by atoms with Crippen molar-refractivity contribution in [1.82, 2.24) is 9.55 Å². The Balaban J connectivity index is 1.58. The summed E-state index contributed by atoms with van der Waals surface area (Å²) < 4.78 is 26.3. The van der Waals surface area contributed by atoms with Gasteiger partial charge in [-0.05, 0) is 44.5 Å². The molecule has 1 fully saturated rings. The normalized spacial score (nSPS) is 21.2. The number of hydrogen-bond acceptors (Lipinski definition) is 7. The number of aromatic nitrogens is 2. The fraction of sp³-hybridized carbons (Fsp3) is 0.308. The van der Waals surface area contributed by atoms with Gasteiger partial charge in [-0.15, -0.1) is 0 Å². The minimum Gasteiger partial charge on any atom is -0.462 e. The highest BCUT2D eigenvalue weighted by Gasteiger charge is 2.46. The van der Waals surface area contributed by atoms with Crippen molar-refractivity contribution in [3.05, 3.63) is 93.3 Å². The third kappa shape index (κ3) is 5.58. The first kappa shape index (κ1) is 25.8. The average molecular weight is 605 g/mol. The molecule has 1 aromatic heterocycles. The van der Waals surface area contributed by atoms with Gasteiger partial charge in [-0.25, -0.2) is 18.8 Å². The Morgan fingerprint density at radius 2 is 1.61 bits per heavy atom. The van der Waals surface area contributed by atoms with Gasteiger partial charge in [0, 0.05) is 12.1 Å². The van der Waals surface area contributed by atoms with Crippen LogP contribution in [0.25, 0.3) is 0 Å². The molecule has 1 aliphatic rings. The molecule has 0 saturated heterocycles. The lowest BCUT2D eigenvalue weighted by atomic mass is 10.1. The molecule has 188 valence electrons. The summed E-state index contributed by atoms with van der Waals surface area (Å²) in [6.45, 7) is 3.78. The monoisotopic (exact) mass is 605 g/mol. The van der Waals surface area contributed by atoms with Gasteiger partial charge in [0.15, 0.2) is 11.6 Å². The van der Waals surface area contributed by atoms with Gasteiger partial charge in [-0.3, -0.25) is 4.57 Å². The molecule has 0 radical (unpaired) electrons. The Morgan fingerprint density at radius 1 is 1.06 bits per heavy atom. The lowest BCUT2D eigenvalue weighted by Crippen LogP contribution is -2.35. The molecule has 1 aliphatic carbocycles. The molecule has 4 atom stereocenters. The van der Waals surface area contributed by atoms with Crippen LogP contribution >= 0.6 is 22.6 Å². The molecular formula is C26H25FIN3O5. The number of aryl methyl sites for hydroxylation is 2. The van der Waals surface area contributed by atoms with E-state index in [2.05, 4.69) is 27.6 Å². The largest absolute Gasteiger partial charge is 0.462 e. The van der Waals surface area contributed by atoms with Crippen LogP contribution in [0.1, 0.15) is 44.3 Å². The van der Waals surface area contributed by atoms with Crippen molar-refractivity contribution in [2.45, 2.75) is 36.3 Å². The number of hydrogen-bond donors (Lipinski definition) is 1. The third-order valence-corrected chi connectivity index (χ3v) is 7.77. The first-order valence-corrected chi connectivity index (χ1v) is 12.6. The van der Waals surface area contributed by atoms with Crippen molar-refractivity contribution in [2.75, 3.05) is 12.3 Å². The zero-order chi connectivity index (χ0) is 26.0. The molecular weight excluding hydrogens is 580 g/mol. The van der Waals surface area contributed by atoms with Gasteiger partial charge in [0.1, 0.15) is 6.10 Å². The zero-order valence-corrected chi connectivity index (χ0v) is 21.8. The van der Waals surface area contributed by atoms with Crippen molar-refractivity contribution >= 4 is 40.3 Å². The van der Waals surface area contributed by atoms with Crippen LogP contribution in [-0.2, 0) is 9.47 Å². The predicted octanol–water partition coefficient (Wildman–Crippen LogP) is 4.03. The van der Waals surface area contributed by atoms with Crippen molar-refractivity contribution in [1.29, 1.82) is 0 Å². The smallest absolute Gasteiger partial charge is 0.349 e. The van der Waals surface area contributed by atoms with E-state index in [4.69, 9.17) is 15.2 Å². The highest BCUT2D eigenvalue weighted by Crippen LogP contribution is 2.42. The number of alkyl halides is 1. The summed E-state index contributed by atoms with van der Waals surface area (Å²) in [6, 6.07) is 13.4. The summed E-state index contributed by atoms with van der Waals surface area (Å²) >= 11 is 2.08. The summed E-state index contributed by atoms with van der Waals surface area (Å²) in [5, 5.41) is 0. The average Bonchev–Trinajstić information content (AvgIpc) is 3.15. The number of anilines is 1. The molecule has 3 aromatic rings. The molecule has 2 N–H and O–H groups in total. The molecule has 8 nitrogen and oxygen atoms in total. The molecule has 1 heterocycles. The highest BCUT2D eigenvalue weighted by atomic mass is 127. The van der Waals surface area contributed by atoms with E-state index in [0.717, 1.165) is 21.9 Å². The third-order valence-electron chi connectivity index (χ3n) is 6.23. The van der Waals surface area contributed by atoms with Gasteiger partial charge in [0.2, 0.25) is 0 Å². The van der Waals surface area contributed by atoms with E-state index in [-0.39, 0.29) is 6.61 Å². The number of ether oxygens (including phenoxy) is 2. The predicted molar refractivity (Wildman–Crippen MR) is 140 cm³/mol. The molecule has 1 saturated carbocycles. The molecule has 0 amide bonds. The second-order valence-electron chi connectivity index (χ2n) is 8.87. The van der Waals surface area contributed by atoms with E-state index >= 15 is 0 Å². The first-order chi connectivity index (χ1) is 17.1. The van der Waals surface area contributed by atoms with E-state index in [1.54, 1.807) is 36.4 Å². The fourth-order valence-electron chi connectivity index (χ4n) is 4.18.